The highest BCUT2D eigenvalue weighted by Gasteiger charge is 2.13. The van der Waals surface area contributed by atoms with Crippen molar-refractivity contribution >= 4 is 17.6 Å². The van der Waals surface area contributed by atoms with Crippen LogP contribution < -0.4 is 9.64 Å². The van der Waals surface area contributed by atoms with Gasteiger partial charge in [0.1, 0.15) is 5.75 Å². The predicted octanol–water partition coefficient (Wildman–Crippen LogP) is 4.63. The molecule has 0 atom stereocenters. The average Bonchev–Trinajstić information content (AvgIpc) is 2.72. The topological polar surface area (TPSA) is 34.1 Å². The minimum atomic E-state index is 0.778. The van der Waals surface area contributed by atoms with E-state index in [2.05, 4.69) is 59.3 Å². The smallest absolute Gasteiger partial charge is 0.129 e. The summed E-state index contributed by atoms with van der Waals surface area (Å²) in [5.41, 5.74) is 4.49. The second kappa shape index (κ2) is 9.39. The van der Waals surface area contributed by atoms with Crippen LogP contribution in [-0.2, 0) is 11.2 Å². The molecule has 0 aromatic heterocycles. The van der Waals surface area contributed by atoms with E-state index >= 15 is 0 Å². The van der Waals surface area contributed by atoms with Crippen molar-refractivity contribution in [3.05, 3.63) is 53.6 Å². The zero-order chi connectivity index (χ0) is 18.2. The number of nitrogens with zero attached hydrogens (tertiary/aromatic N) is 2. The molecule has 0 N–H and O–H groups in total. The van der Waals surface area contributed by atoms with E-state index in [0.29, 0.717) is 0 Å². The molecule has 3 rings (SSSR count). The van der Waals surface area contributed by atoms with Gasteiger partial charge >= 0.3 is 0 Å². The van der Waals surface area contributed by atoms with Crippen LogP contribution in [0.25, 0.3) is 0 Å². The molecule has 1 heterocycles. The lowest BCUT2D eigenvalue weighted by molar-refractivity contribution is 0.122. The molecule has 1 saturated heterocycles. The molecule has 2 aromatic rings. The van der Waals surface area contributed by atoms with Gasteiger partial charge < -0.3 is 14.4 Å². The minimum absolute atomic E-state index is 0.778. The van der Waals surface area contributed by atoms with Crippen LogP contribution >= 0.6 is 0 Å². The maximum atomic E-state index is 5.58. The summed E-state index contributed by atoms with van der Waals surface area (Å²) in [4.78, 5) is 6.93. The van der Waals surface area contributed by atoms with Crippen LogP contribution in [0.1, 0.15) is 30.9 Å². The number of unbranched alkanes of at least 4 members (excludes halogenated alkanes) is 1. The summed E-state index contributed by atoms with van der Waals surface area (Å²) in [7, 11) is 1.71. The Hall–Kier alpha value is -2.33. The average molecular weight is 352 g/mol. The number of benzene rings is 2. The molecule has 0 aliphatic carbocycles. The van der Waals surface area contributed by atoms with Gasteiger partial charge in [-0.25, -0.2) is 0 Å². The lowest BCUT2D eigenvalue weighted by Crippen LogP contribution is -2.36. The Morgan fingerprint density at radius 3 is 2.58 bits per heavy atom. The fourth-order valence-corrected chi connectivity index (χ4v) is 3.10. The molecular weight excluding hydrogens is 324 g/mol. The maximum Gasteiger partial charge on any atom is 0.129 e. The molecule has 1 aliphatic heterocycles. The van der Waals surface area contributed by atoms with Gasteiger partial charge in [-0.3, -0.25) is 4.99 Å². The van der Waals surface area contributed by atoms with Crippen LogP contribution in [0.4, 0.5) is 11.4 Å². The molecule has 0 radical (unpaired) electrons. The Balaban J connectivity index is 1.71. The molecule has 2 aromatic carbocycles. The van der Waals surface area contributed by atoms with E-state index in [0.717, 1.165) is 49.7 Å². The first kappa shape index (κ1) is 18.5. The summed E-state index contributed by atoms with van der Waals surface area (Å²) in [6.45, 7) is 5.61. The number of rotatable bonds is 7. The molecule has 0 bridgehead atoms. The van der Waals surface area contributed by atoms with Crippen LogP contribution in [0.3, 0.4) is 0 Å². The first-order valence-corrected chi connectivity index (χ1v) is 9.44. The van der Waals surface area contributed by atoms with Crippen molar-refractivity contribution in [3.8, 4) is 5.75 Å². The Kier molecular flexibility index (Phi) is 6.67. The fraction of sp³-hybridized carbons (Fsp3) is 0.409. The summed E-state index contributed by atoms with van der Waals surface area (Å²) >= 11 is 0. The van der Waals surface area contributed by atoms with Crippen LogP contribution in [-0.4, -0.2) is 39.6 Å². The number of hydrogen-bond acceptors (Lipinski definition) is 4. The molecule has 26 heavy (non-hydrogen) atoms. The Labute approximate surface area is 156 Å². The van der Waals surface area contributed by atoms with Crippen LogP contribution in [0.15, 0.2) is 47.5 Å². The van der Waals surface area contributed by atoms with Crippen molar-refractivity contribution in [2.45, 2.75) is 26.2 Å². The van der Waals surface area contributed by atoms with Crippen molar-refractivity contribution in [1.82, 2.24) is 0 Å². The molecule has 0 saturated carbocycles. The van der Waals surface area contributed by atoms with Crippen molar-refractivity contribution < 1.29 is 9.47 Å². The lowest BCUT2D eigenvalue weighted by atomic mass is 10.1. The number of aryl methyl sites for hydroxylation is 1. The molecule has 0 unspecified atom stereocenters. The number of morpholine rings is 1. The fourth-order valence-electron chi connectivity index (χ4n) is 3.10. The quantitative estimate of drug-likeness (QED) is 0.682. The highest BCUT2D eigenvalue weighted by molar-refractivity contribution is 5.86. The number of anilines is 1. The molecule has 0 amide bonds. The third-order valence-corrected chi connectivity index (χ3v) is 4.70. The Morgan fingerprint density at radius 1 is 1.12 bits per heavy atom. The normalized spacial score (nSPS) is 14.8. The number of methoxy groups -OCH3 is 1. The van der Waals surface area contributed by atoms with Crippen molar-refractivity contribution in [3.63, 3.8) is 0 Å². The number of ether oxygens (including phenoxy) is 2. The first-order valence-electron chi connectivity index (χ1n) is 9.44. The molecule has 0 spiro atoms. The summed E-state index contributed by atoms with van der Waals surface area (Å²) in [5, 5.41) is 0. The SMILES string of the molecule is CCCCc1ccc(N=Cc2ccc(N3CCOCC3)cc2OC)cc1. The first-order chi connectivity index (χ1) is 12.8. The van der Waals surface area contributed by atoms with Gasteiger partial charge in [0.05, 0.1) is 26.0 Å². The molecule has 4 nitrogen and oxygen atoms in total. The zero-order valence-corrected chi connectivity index (χ0v) is 15.8. The van der Waals surface area contributed by atoms with E-state index in [1.165, 1.54) is 24.1 Å². The van der Waals surface area contributed by atoms with E-state index in [-0.39, 0.29) is 0 Å². The van der Waals surface area contributed by atoms with Gasteiger partial charge in [-0.05, 0) is 42.7 Å². The zero-order valence-electron chi connectivity index (χ0n) is 15.8. The van der Waals surface area contributed by atoms with Crippen LogP contribution in [0.2, 0.25) is 0 Å². The number of hydrogen-bond donors (Lipinski definition) is 0. The molecule has 1 aliphatic rings. The standard InChI is InChI=1S/C22H28N2O2/c1-3-4-5-18-6-9-20(10-7-18)23-17-19-8-11-21(16-22(19)25-2)24-12-14-26-15-13-24/h6-11,16-17H,3-5,12-15H2,1-2H3. The van der Waals surface area contributed by atoms with Crippen LogP contribution in [0.5, 0.6) is 5.75 Å². The van der Waals surface area contributed by atoms with Crippen molar-refractivity contribution in [1.29, 1.82) is 0 Å². The third kappa shape index (κ3) is 4.85. The summed E-state index contributed by atoms with van der Waals surface area (Å²) in [5.74, 6) is 0.845. The van der Waals surface area contributed by atoms with Gasteiger partial charge in [0, 0.05) is 36.6 Å². The minimum Gasteiger partial charge on any atom is -0.496 e. The van der Waals surface area contributed by atoms with Gasteiger partial charge in [-0.1, -0.05) is 25.5 Å². The highest BCUT2D eigenvalue weighted by atomic mass is 16.5. The number of aliphatic imine (C=N–C) groups is 1. The summed E-state index contributed by atoms with van der Waals surface area (Å²) in [6, 6.07) is 14.8. The molecular formula is C22H28N2O2. The van der Waals surface area contributed by atoms with Crippen LogP contribution in [0, 0.1) is 0 Å². The monoisotopic (exact) mass is 352 g/mol. The summed E-state index contributed by atoms with van der Waals surface area (Å²) in [6.07, 6.45) is 5.47. The largest absolute Gasteiger partial charge is 0.496 e. The van der Waals surface area contributed by atoms with E-state index in [1.54, 1.807) is 7.11 Å². The molecule has 1 fully saturated rings. The lowest BCUT2D eigenvalue weighted by Gasteiger charge is -2.29. The van der Waals surface area contributed by atoms with E-state index in [4.69, 9.17) is 9.47 Å². The maximum absolute atomic E-state index is 5.58. The second-order valence-electron chi connectivity index (χ2n) is 6.55. The van der Waals surface area contributed by atoms with Gasteiger partial charge in [-0.15, -0.1) is 0 Å². The highest BCUT2D eigenvalue weighted by Crippen LogP contribution is 2.26. The Bertz CT molecular complexity index is 719. The predicted molar refractivity (Wildman–Crippen MR) is 108 cm³/mol. The van der Waals surface area contributed by atoms with Gasteiger partial charge in [0.2, 0.25) is 0 Å². The molecule has 4 heteroatoms. The van der Waals surface area contributed by atoms with Gasteiger partial charge in [0.25, 0.3) is 0 Å². The Morgan fingerprint density at radius 2 is 1.88 bits per heavy atom. The van der Waals surface area contributed by atoms with E-state index < -0.39 is 0 Å². The summed E-state index contributed by atoms with van der Waals surface area (Å²) < 4.78 is 11.0. The van der Waals surface area contributed by atoms with Gasteiger partial charge in [0.15, 0.2) is 0 Å². The van der Waals surface area contributed by atoms with Gasteiger partial charge in [-0.2, -0.15) is 0 Å². The van der Waals surface area contributed by atoms with Crippen molar-refractivity contribution in [2.24, 2.45) is 4.99 Å². The second-order valence-corrected chi connectivity index (χ2v) is 6.55. The molecule has 138 valence electrons. The third-order valence-electron chi connectivity index (χ3n) is 4.70. The van der Waals surface area contributed by atoms with E-state index in [9.17, 15) is 0 Å². The van der Waals surface area contributed by atoms with E-state index in [1.807, 2.05) is 6.21 Å². The van der Waals surface area contributed by atoms with Crippen molar-refractivity contribution in [2.75, 3.05) is 38.3 Å².